The van der Waals surface area contributed by atoms with Crippen LogP contribution in [0.5, 0.6) is 5.75 Å². The van der Waals surface area contributed by atoms with Crippen LogP contribution in [-0.2, 0) is 0 Å². The van der Waals surface area contributed by atoms with Crippen LogP contribution in [0.3, 0.4) is 0 Å². The third-order valence-corrected chi connectivity index (χ3v) is 4.55. The Morgan fingerprint density at radius 1 is 1.08 bits per heavy atom. The molecule has 0 bridgehead atoms. The molecule has 0 N–H and O–H groups in total. The van der Waals surface area contributed by atoms with Crippen molar-refractivity contribution in [3.63, 3.8) is 0 Å². The average molecular weight is 382 g/mol. The lowest BCUT2D eigenvalue weighted by atomic mass is 10.1. The summed E-state index contributed by atoms with van der Waals surface area (Å²) >= 11 is 11.5. The Balaban J connectivity index is 1.86. The van der Waals surface area contributed by atoms with Gasteiger partial charge in [-0.05, 0) is 66.7 Å². The van der Waals surface area contributed by atoms with E-state index in [-0.39, 0.29) is 5.78 Å². The first kappa shape index (κ1) is 18.1. The van der Waals surface area contributed by atoms with E-state index in [9.17, 15) is 4.79 Å². The van der Waals surface area contributed by atoms with Gasteiger partial charge in [0.1, 0.15) is 10.4 Å². The normalized spacial score (nSPS) is 10.8. The third kappa shape index (κ3) is 4.10. The molecule has 0 fully saturated rings. The Hall–Kier alpha value is -2.69. The molecule has 1 heterocycles. The van der Waals surface area contributed by atoms with Crippen LogP contribution in [-0.4, -0.2) is 17.5 Å². The summed E-state index contributed by atoms with van der Waals surface area (Å²) in [5.74, 6) is 0.620. The summed E-state index contributed by atoms with van der Waals surface area (Å²) in [6, 6.07) is 18.2. The second kappa shape index (κ2) is 8.13. The van der Waals surface area contributed by atoms with E-state index in [1.54, 1.807) is 37.5 Å². The highest BCUT2D eigenvalue weighted by molar-refractivity contribution is 7.71. The molecule has 0 saturated carbocycles. The number of halogens is 1. The van der Waals surface area contributed by atoms with Crippen molar-refractivity contribution in [3.05, 3.63) is 93.7 Å². The van der Waals surface area contributed by atoms with Crippen LogP contribution in [0.4, 0.5) is 0 Å². The monoisotopic (exact) mass is 381 g/mol. The fraction of sp³-hybridized carbons (Fsp3) is 0.0476. The highest BCUT2D eigenvalue weighted by atomic mass is 35.5. The minimum Gasteiger partial charge on any atom is -0.497 e. The van der Waals surface area contributed by atoms with Gasteiger partial charge in [0.05, 0.1) is 7.11 Å². The minimum atomic E-state index is -0.0936. The molecule has 26 heavy (non-hydrogen) atoms. The Morgan fingerprint density at radius 3 is 2.42 bits per heavy atom. The summed E-state index contributed by atoms with van der Waals surface area (Å²) < 4.78 is 7.60. The fourth-order valence-electron chi connectivity index (χ4n) is 2.46. The van der Waals surface area contributed by atoms with Gasteiger partial charge in [-0.3, -0.25) is 4.79 Å². The van der Waals surface area contributed by atoms with Crippen molar-refractivity contribution in [3.8, 4) is 11.4 Å². The molecule has 2 aromatic carbocycles. The maximum Gasteiger partial charge on any atom is 0.185 e. The van der Waals surface area contributed by atoms with Crippen molar-refractivity contribution in [1.82, 2.24) is 4.57 Å². The van der Waals surface area contributed by atoms with Crippen LogP contribution in [0.2, 0.25) is 5.02 Å². The van der Waals surface area contributed by atoms with Crippen LogP contribution in [0.1, 0.15) is 15.9 Å². The molecule has 0 spiro atoms. The standard InChI is InChI=1S/C21H16ClNO2S/c1-25-19-11-4-15(5-12-19)20(24)13-6-16-3-2-14-23(21(16)26)18-9-7-17(22)8-10-18/h2-14H,1H3/b13-6+. The van der Waals surface area contributed by atoms with Gasteiger partial charge >= 0.3 is 0 Å². The number of carbonyl (C=O) groups is 1. The number of methoxy groups -OCH3 is 1. The first-order chi connectivity index (χ1) is 12.6. The zero-order valence-corrected chi connectivity index (χ0v) is 15.6. The SMILES string of the molecule is COc1ccc(C(=O)/C=C/c2cccn(-c3ccc(Cl)cc3)c2=S)cc1. The number of nitrogens with zero attached hydrogens (tertiary/aromatic N) is 1. The van der Waals surface area contributed by atoms with Gasteiger partial charge in [-0.2, -0.15) is 0 Å². The van der Waals surface area contributed by atoms with E-state index in [0.717, 1.165) is 11.3 Å². The summed E-state index contributed by atoms with van der Waals surface area (Å²) in [6.45, 7) is 0. The van der Waals surface area contributed by atoms with Gasteiger partial charge in [0, 0.05) is 28.0 Å². The van der Waals surface area contributed by atoms with Crippen molar-refractivity contribution in [2.45, 2.75) is 0 Å². The fourth-order valence-corrected chi connectivity index (χ4v) is 2.89. The number of ketones is 1. The molecule has 0 aliphatic rings. The van der Waals surface area contributed by atoms with E-state index in [1.165, 1.54) is 6.08 Å². The van der Waals surface area contributed by atoms with E-state index in [2.05, 4.69) is 0 Å². The molecule has 3 aromatic rings. The topological polar surface area (TPSA) is 31.2 Å². The number of pyridine rings is 1. The molecule has 130 valence electrons. The molecule has 0 aliphatic carbocycles. The Kier molecular flexibility index (Phi) is 5.66. The van der Waals surface area contributed by atoms with Gasteiger partial charge in [0.2, 0.25) is 0 Å². The number of carbonyl (C=O) groups excluding carboxylic acids is 1. The van der Waals surface area contributed by atoms with Crippen molar-refractivity contribution in [2.24, 2.45) is 0 Å². The lowest BCUT2D eigenvalue weighted by Crippen LogP contribution is -1.98. The number of allylic oxidation sites excluding steroid dienone is 1. The Morgan fingerprint density at radius 2 is 1.77 bits per heavy atom. The molecule has 3 rings (SSSR count). The molecule has 5 heteroatoms. The molecule has 0 amide bonds. The predicted octanol–water partition coefficient (Wildman–Crippen LogP) is 5.76. The number of ether oxygens (including phenoxy) is 1. The van der Waals surface area contributed by atoms with Crippen LogP contribution in [0, 0.1) is 4.64 Å². The van der Waals surface area contributed by atoms with Crippen LogP contribution < -0.4 is 4.74 Å². The Bertz CT molecular complexity index is 1010. The van der Waals surface area contributed by atoms with Gasteiger partial charge in [0.15, 0.2) is 5.78 Å². The minimum absolute atomic E-state index is 0.0936. The summed E-state index contributed by atoms with van der Waals surface area (Å²) in [5, 5.41) is 0.668. The van der Waals surface area contributed by atoms with E-state index in [0.29, 0.717) is 21.0 Å². The second-order valence-electron chi connectivity index (χ2n) is 5.54. The Labute approximate surface area is 162 Å². The van der Waals surface area contributed by atoms with Crippen molar-refractivity contribution in [2.75, 3.05) is 7.11 Å². The average Bonchev–Trinajstić information content (AvgIpc) is 2.68. The van der Waals surface area contributed by atoms with Crippen LogP contribution >= 0.6 is 23.8 Å². The van der Waals surface area contributed by atoms with Gasteiger partial charge < -0.3 is 9.30 Å². The molecule has 1 aromatic heterocycles. The van der Waals surface area contributed by atoms with Gasteiger partial charge in [-0.1, -0.05) is 29.9 Å². The number of aromatic nitrogens is 1. The number of hydrogen-bond donors (Lipinski definition) is 0. The molecule has 0 saturated heterocycles. The molecule has 0 aliphatic heterocycles. The number of hydrogen-bond acceptors (Lipinski definition) is 3. The molecule has 3 nitrogen and oxygen atoms in total. The van der Waals surface area contributed by atoms with Crippen molar-refractivity contribution < 1.29 is 9.53 Å². The first-order valence-corrected chi connectivity index (χ1v) is 8.71. The molecule has 0 atom stereocenters. The summed E-state index contributed by atoms with van der Waals surface area (Å²) in [7, 11) is 1.59. The lowest BCUT2D eigenvalue weighted by Gasteiger charge is -2.08. The predicted molar refractivity (Wildman–Crippen MR) is 108 cm³/mol. The zero-order valence-electron chi connectivity index (χ0n) is 14.1. The third-order valence-electron chi connectivity index (χ3n) is 3.87. The maximum atomic E-state index is 12.3. The first-order valence-electron chi connectivity index (χ1n) is 7.92. The van der Waals surface area contributed by atoms with Crippen molar-refractivity contribution >= 4 is 35.7 Å². The molecule has 0 unspecified atom stereocenters. The summed E-state index contributed by atoms with van der Waals surface area (Å²) in [4.78, 5) is 12.3. The summed E-state index contributed by atoms with van der Waals surface area (Å²) in [6.07, 6.45) is 5.15. The molecule has 0 radical (unpaired) electrons. The van der Waals surface area contributed by atoms with E-state index >= 15 is 0 Å². The number of benzene rings is 2. The quantitative estimate of drug-likeness (QED) is 0.319. The van der Waals surface area contributed by atoms with Crippen LogP contribution in [0.15, 0.2) is 72.9 Å². The zero-order chi connectivity index (χ0) is 18.5. The second-order valence-corrected chi connectivity index (χ2v) is 6.36. The lowest BCUT2D eigenvalue weighted by molar-refractivity contribution is 0.104. The van der Waals surface area contributed by atoms with Gasteiger partial charge in [0.25, 0.3) is 0 Å². The summed E-state index contributed by atoms with van der Waals surface area (Å²) in [5.41, 5.74) is 2.30. The maximum absolute atomic E-state index is 12.3. The molecular weight excluding hydrogens is 366 g/mol. The van der Waals surface area contributed by atoms with Gasteiger partial charge in [-0.15, -0.1) is 0 Å². The van der Waals surface area contributed by atoms with E-state index in [4.69, 9.17) is 28.6 Å². The van der Waals surface area contributed by atoms with E-state index < -0.39 is 0 Å². The highest BCUT2D eigenvalue weighted by Crippen LogP contribution is 2.17. The van der Waals surface area contributed by atoms with Crippen molar-refractivity contribution in [1.29, 1.82) is 0 Å². The van der Waals surface area contributed by atoms with Crippen LogP contribution in [0.25, 0.3) is 11.8 Å². The smallest absolute Gasteiger partial charge is 0.185 e. The highest BCUT2D eigenvalue weighted by Gasteiger charge is 2.04. The van der Waals surface area contributed by atoms with Gasteiger partial charge in [-0.25, -0.2) is 0 Å². The molecular formula is C21H16ClNO2S. The number of rotatable bonds is 5. The van der Waals surface area contributed by atoms with E-state index in [1.807, 2.05) is 47.2 Å². The largest absolute Gasteiger partial charge is 0.497 e.